The van der Waals surface area contributed by atoms with E-state index in [4.69, 9.17) is 50.4 Å². The van der Waals surface area contributed by atoms with Crippen molar-refractivity contribution in [2.75, 3.05) is 5.73 Å². The van der Waals surface area contributed by atoms with Gasteiger partial charge in [-0.15, -0.1) is 0 Å². The molecule has 1 heterocycles. The van der Waals surface area contributed by atoms with E-state index in [1.54, 1.807) is 6.07 Å². The van der Waals surface area contributed by atoms with Crippen molar-refractivity contribution in [2.45, 2.75) is 0 Å². The molecule has 0 saturated carbocycles. The molecule has 0 spiro atoms. The van der Waals surface area contributed by atoms with Crippen LogP contribution in [-0.4, -0.2) is 16.1 Å². The van der Waals surface area contributed by atoms with Gasteiger partial charge in [0.1, 0.15) is 5.75 Å². The summed E-state index contributed by atoms with van der Waals surface area (Å²) < 4.78 is 5.38. The van der Waals surface area contributed by atoms with Gasteiger partial charge < -0.3 is 15.6 Å². The second-order valence-electron chi connectivity index (χ2n) is 3.70. The molecular weight excluding hydrogens is 327 g/mol. The van der Waals surface area contributed by atoms with Gasteiger partial charge in [0.05, 0.1) is 20.8 Å². The molecule has 1 aromatic carbocycles. The van der Waals surface area contributed by atoms with Gasteiger partial charge in [-0.25, -0.2) is 9.78 Å². The zero-order valence-electron chi connectivity index (χ0n) is 9.73. The molecule has 0 aliphatic rings. The molecule has 0 saturated heterocycles. The van der Waals surface area contributed by atoms with Crippen LogP contribution in [0, 0.1) is 0 Å². The van der Waals surface area contributed by atoms with Crippen LogP contribution in [0.1, 0.15) is 10.5 Å². The standard InChI is InChI=1S/C12H7Cl3N2O3/c13-6-2-1-5(3-7(6)14)20-9-4-8(16)10(15)11(17-9)12(18)19/h1-4H,(H2,16,17)(H,18,19). The molecule has 2 aromatic rings. The molecule has 0 amide bonds. The Balaban J connectivity index is 2.38. The maximum atomic E-state index is 11.0. The zero-order valence-corrected chi connectivity index (χ0v) is 12.0. The first-order valence-electron chi connectivity index (χ1n) is 5.20. The fraction of sp³-hybridized carbons (Fsp3) is 0. The van der Waals surface area contributed by atoms with E-state index in [0.29, 0.717) is 15.8 Å². The highest BCUT2D eigenvalue weighted by Gasteiger charge is 2.16. The Morgan fingerprint density at radius 3 is 2.50 bits per heavy atom. The number of ether oxygens (including phenoxy) is 1. The van der Waals surface area contributed by atoms with Gasteiger partial charge in [-0.3, -0.25) is 0 Å². The number of benzene rings is 1. The zero-order chi connectivity index (χ0) is 14.9. The van der Waals surface area contributed by atoms with Gasteiger partial charge in [-0.1, -0.05) is 34.8 Å². The minimum absolute atomic E-state index is 0.0114. The molecule has 3 N–H and O–H groups in total. The van der Waals surface area contributed by atoms with Crippen LogP contribution in [0.5, 0.6) is 11.6 Å². The van der Waals surface area contributed by atoms with E-state index in [-0.39, 0.29) is 22.3 Å². The molecule has 0 aliphatic heterocycles. The van der Waals surface area contributed by atoms with Gasteiger partial charge in [0.2, 0.25) is 5.88 Å². The summed E-state index contributed by atoms with van der Waals surface area (Å²) in [6.07, 6.45) is 0. The van der Waals surface area contributed by atoms with Gasteiger partial charge in [0.15, 0.2) is 5.69 Å². The number of nitrogens with two attached hydrogens (primary N) is 1. The number of nitrogen functional groups attached to an aromatic ring is 1. The van der Waals surface area contributed by atoms with Crippen LogP contribution in [0.3, 0.4) is 0 Å². The quantitative estimate of drug-likeness (QED) is 0.882. The number of pyridine rings is 1. The van der Waals surface area contributed by atoms with Crippen LogP contribution in [0.25, 0.3) is 0 Å². The number of aromatic carboxylic acids is 1. The number of halogens is 3. The summed E-state index contributed by atoms with van der Waals surface area (Å²) in [6.45, 7) is 0. The summed E-state index contributed by atoms with van der Waals surface area (Å²) in [6, 6.07) is 5.88. The molecule has 104 valence electrons. The molecule has 0 unspecified atom stereocenters. The summed E-state index contributed by atoms with van der Waals surface area (Å²) in [5.41, 5.74) is 5.27. The van der Waals surface area contributed by atoms with Crippen LogP contribution in [-0.2, 0) is 0 Å². The van der Waals surface area contributed by atoms with Crippen molar-refractivity contribution in [3.05, 3.63) is 45.0 Å². The molecule has 1 aromatic heterocycles. The van der Waals surface area contributed by atoms with E-state index in [2.05, 4.69) is 4.98 Å². The lowest BCUT2D eigenvalue weighted by atomic mass is 10.3. The van der Waals surface area contributed by atoms with Crippen LogP contribution in [0.2, 0.25) is 15.1 Å². The highest BCUT2D eigenvalue weighted by Crippen LogP contribution is 2.31. The van der Waals surface area contributed by atoms with Crippen LogP contribution >= 0.6 is 34.8 Å². The van der Waals surface area contributed by atoms with E-state index >= 15 is 0 Å². The third-order valence-corrected chi connectivity index (χ3v) is 3.41. The summed E-state index contributed by atoms with van der Waals surface area (Å²) >= 11 is 17.4. The predicted molar refractivity (Wildman–Crippen MR) is 77.2 cm³/mol. The maximum Gasteiger partial charge on any atom is 0.356 e. The number of carbonyl (C=O) groups is 1. The van der Waals surface area contributed by atoms with Crippen LogP contribution < -0.4 is 10.5 Å². The number of hydrogen-bond acceptors (Lipinski definition) is 4. The smallest absolute Gasteiger partial charge is 0.356 e. The average Bonchev–Trinajstić information content (AvgIpc) is 2.37. The topological polar surface area (TPSA) is 85.4 Å². The van der Waals surface area contributed by atoms with E-state index in [1.165, 1.54) is 18.2 Å². The molecule has 0 aliphatic carbocycles. The first-order valence-corrected chi connectivity index (χ1v) is 6.34. The SMILES string of the molecule is Nc1cc(Oc2ccc(Cl)c(Cl)c2)nc(C(=O)O)c1Cl. The van der Waals surface area contributed by atoms with Crippen molar-refractivity contribution in [2.24, 2.45) is 0 Å². The fourth-order valence-electron chi connectivity index (χ4n) is 1.38. The second kappa shape index (κ2) is 5.75. The van der Waals surface area contributed by atoms with Crippen molar-refractivity contribution in [3.8, 4) is 11.6 Å². The molecule has 8 heteroatoms. The Bertz CT molecular complexity index is 692. The molecule has 20 heavy (non-hydrogen) atoms. The van der Waals surface area contributed by atoms with Crippen molar-refractivity contribution < 1.29 is 14.6 Å². The molecule has 0 radical (unpaired) electrons. The lowest BCUT2D eigenvalue weighted by molar-refractivity contribution is 0.0690. The Hall–Kier alpha value is -1.69. The molecule has 2 rings (SSSR count). The van der Waals surface area contributed by atoms with Crippen molar-refractivity contribution >= 4 is 46.5 Å². The Morgan fingerprint density at radius 2 is 1.90 bits per heavy atom. The number of carboxylic acid groups (broad SMARTS) is 1. The molecule has 0 bridgehead atoms. The third kappa shape index (κ3) is 3.07. The summed E-state index contributed by atoms with van der Waals surface area (Å²) in [4.78, 5) is 14.8. The van der Waals surface area contributed by atoms with E-state index < -0.39 is 5.97 Å². The fourth-order valence-corrected chi connectivity index (χ4v) is 1.85. The average molecular weight is 334 g/mol. The summed E-state index contributed by atoms with van der Waals surface area (Å²) in [7, 11) is 0. The normalized spacial score (nSPS) is 10.3. The second-order valence-corrected chi connectivity index (χ2v) is 4.89. The number of hydrogen-bond donors (Lipinski definition) is 2. The molecule has 5 nitrogen and oxygen atoms in total. The number of carboxylic acids is 1. The first-order chi connectivity index (χ1) is 9.38. The first kappa shape index (κ1) is 14.7. The Labute approximate surface area is 128 Å². The van der Waals surface area contributed by atoms with Crippen molar-refractivity contribution in [1.82, 2.24) is 4.98 Å². The molecule has 0 atom stereocenters. The number of aromatic nitrogens is 1. The van der Waals surface area contributed by atoms with Crippen LogP contribution in [0.4, 0.5) is 5.69 Å². The predicted octanol–water partition coefficient (Wildman–Crippen LogP) is 4.11. The number of nitrogens with zero attached hydrogens (tertiary/aromatic N) is 1. The van der Waals surface area contributed by atoms with Crippen LogP contribution in [0.15, 0.2) is 24.3 Å². The van der Waals surface area contributed by atoms with Gasteiger partial charge in [-0.2, -0.15) is 0 Å². The van der Waals surface area contributed by atoms with Crippen molar-refractivity contribution in [1.29, 1.82) is 0 Å². The highest BCUT2D eigenvalue weighted by atomic mass is 35.5. The van der Waals surface area contributed by atoms with Gasteiger partial charge in [0.25, 0.3) is 0 Å². The summed E-state index contributed by atoms with van der Waals surface area (Å²) in [5.74, 6) is -0.978. The maximum absolute atomic E-state index is 11.0. The third-order valence-electron chi connectivity index (χ3n) is 2.28. The minimum atomic E-state index is -1.30. The van der Waals surface area contributed by atoms with Gasteiger partial charge in [0, 0.05) is 12.1 Å². The monoisotopic (exact) mass is 332 g/mol. The van der Waals surface area contributed by atoms with E-state index in [1.807, 2.05) is 0 Å². The minimum Gasteiger partial charge on any atom is -0.476 e. The Kier molecular flexibility index (Phi) is 4.23. The summed E-state index contributed by atoms with van der Waals surface area (Å²) in [5, 5.41) is 9.49. The Morgan fingerprint density at radius 1 is 1.20 bits per heavy atom. The van der Waals surface area contributed by atoms with E-state index in [9.17, 15) is 4.79 Å². The number of anilines is 1. The lowest BCUT2D eigenvalue weighted by Gasteiger charge is -2.09. The molecule has 0 fully saturated rings. The molecular formula is C12H7Cl3N2O3. The van der Waals surface area contributed by atoms with Gasteiger partial charge in [-0.05, 0) is 12.1 Å². The van der Waals surface area contributed by atoms with Crippen molar-refractivity contribution in [3.63, 3.8) is 0 Å². The highest BCUT2D eigenvalue weighted by molar-refractivity contribution is 6.42. The lowest BCUT2D eigenvalue weighted by Crippen LogP contribution is -2.05. The largest absolute Gasteiger partial charge is 0.476 e. The van der Waals surface area contributed by atoms with E-state index in [0.717, 1.165) is 0 Å². The number of rotatable bonds is 3. The van der Waals surface area contributed by atoms with Gasteiger partial charge >= 0.3 is 5.97 Å².